The predicted molar refractivity (Wildman–Crippen MR) is 74.1 cm³/mol. The number of ether oxygens (including phenoxy) is 2. The van der Waals surface area contributed by atoms with Gasteiger partial charge in [-0.3, -0.25) is 0 Å². The normalized spacial score (nSPS) is 49.8. The number of hydrogen-bond donors (Lipinski definition) is 1. The van der Waals surface area contributed by atoms with Crippen molar-refractivity contribution in [2.24, 2.45) is 11.3 Å². The van der Waals surface area contributed by atoms with Crippen LogP contribution < -0.4 is 0 Å². The van der Waals surface area contributed by atoms with Crippen LogP contribution >= 0.6 is 0 Å². The van der Waals surface area contributed by atoms with Crippen molar-refractivity contribution in [2.75, 3.05) is 7.11 Å². The molecule has 3 fully saturated rings. The number of esters is 1. The fraction of sp³-hybridized carbons (Fsp3) is 0.812. The molecule has 1 aliphatic heterocycles. The lowest BCUT2D eigenvalue weighted by Gasteiger charge is -2.48. The molecule has 2 aliphatic carbocycles. The minimum Gasteiger partial charge on any atom is -0.466 e. The zero-order valence-corrected chi connectivity index (χ0v) is 12.6. The third kappa shape index (κ3) is 1.52. The Bertz CT molecular complexity index is 473. The van der Waals surface area contributed by atoms with Gasteiger partial charge in [0.2, 0.25) is 0 Å². The van der Waals surface area contributed by atoms with E-state index >= 15 is 0 Å². The summed E-state index contributed by atoms with van der Waals surface area (Å²) in [7, 11) is 1.39. The van der Waals surface area contributed by atoms with Crippen molar-refractivity contribution in [3.05, 3.63) is 12.2 Å². The largest absolute Gasteiger partial charge is 0.466 e. The van der Waals surface area contributed by atoms with Crippen molar-refractivity contribution in [2.45, 2.75) is 63.3 Å². The summed E-state index contributed by atoms with van der Waals surface area (Å²) in [6, 6.07) is 0. The van der Waals surface area contributed by atoms with Gasteiger partial charge in [-0.15, -0.1) is 0 Å². The van der Waals surface area contributed by atoms with Gasteiger partial charge in [0, 0.05) is 5.57 Å². The molecule has 2 saturated carbocycles. The van der Waals surface area contributed by atoms with E-state index in [1.165, 1.54) is 7.11 Å². The van der Waals surface area contributed by atoms with Crippen LogP contribution in [0.2, 0.25) is 0 Å². The van der Waals surface area contributed by atoms with Gasteiger partial charge in [-0.2, -0.15) is 0 Å². The van der Waals surface area contributed by atoms with Crippen LogP contribution in [-0.4, -0.2) is 35.5 Å². The Labute approximate surface area is 120 Å². The van der Waals surface area contributed by atoms with Crippen LogP contribution in [0.5, 0.6) is 0 Å². The van der Waals surface area contributed by atoms with E-state index in [-0.39, 0.29) is 22.9 Å². The molecular weight excluding hydrogens is 256 g/mol. The van der Waals surface area contributed by atoms with Crippen molar-refractivity contribution in [3.63, 3.8) is 0 Å². The first-order valence-corrected chi connectivity index (χ1v) is 7.45. The smallest absolute Gasteiger partial charge is 0.333 e. The van der Waals surface area contributed by atoms with Crippen LogP contribution in [0.3, 0.4) is 0 Å². The molecule has 4 nitrogen and oxygen atoms in total. The van der Waals surface area contributed by atoms with Gasteiger partial charge in [0.15, 0.2) is 0 Å². The molecule has 20 heavy (non-hydrogen) atoms. The third-order valence-electron chi connectivity index (χ3n) is 6.25. The number of carbonyl (C=O) groups excluding carboxylic acids is 1. The Morgan fingerprint density at radius 1 is 1.35 bits per heavy atom. The van der Waals surface area contributed by atoms with Crippen LogP contribution in [0.25, 0.3) is 0 Å². The molecule has 4 heteroatoms. The Kier molecular flexibility index (Phi) is 2.87. The van der Waals surface area contributed by atoms with E-state index in [1.807, 2.05) is 6.92 Å². The zero-order chi connectivity index (χ0) is 14.8. The molecule has 3 aliphatic rings. The summed E-state index contributed by atoms with van der Waals surface area (Å²) in [6.45, 7) is 8.19. The molecule has 3 rings (SSSR count). The highest BCUT2D eigenvalue weighted by Crippen LogP contribution is 2.71. The van der Waals surface area contributed by atoms with Crippen molar-refractivity contribution in [3.8, 4) is 0 Å². The molecule has 5 atom stereocenters. The van der Waals surface area contributed by atoms with Crippen LogP contribution in [-0.2, 0) is 14.3 Å². The van der Waals surface area contributed by atoms with E-state index in [9.17, 15) is 9.90 Å². The Morgan fingerprint density at radius 3 is 2.65 bits per heavy atom. The molecule has 0 radical (unpaired) electrons. The van der Waals surface area contributed by atoms with E-state index in [0.717, 1.165) is 32.1 Å². The Balaban J connectivity index is 1.86. The number of hydrogen-bond acceptors (Lipinski definition) is 4. The summed E-state index contributed by atoms with van der Waals surface area (Å²) >= 11 is 0. The van der Waals surface area contributed by atoms with Gasteiger partial charge in [0.1, 0.15) is 11.2 Å². The summed E-state index contributed by atoms with van der Waals surface area (Å²) in [5.74, 6) is -0.226. The van der Waals surface area contributed by atoms with Crippen LogP contribution in [0.1, 0.15) is 46.0 Å². The Morgan fingerprint density at radius 2 is 2.00 bits per heavy atom. The molecule has 0 unspecified atom stereocenters. The minimum absolute atomic E-state index is 0.0997. The van der Waals surface area contributed by atoms with Crippen LogP contribution in [0.4, 0.5) is 0 Å². The maximum Gasteiger partial charge on any atom is 0.333 e. The molecule has 1 saturated heterocycles. The summed E-state index contributed by atoms with van der Waals surface area (Å²) in [5.41, 5.74) is -0.0950. The molecular formula is C16H24O4. The summed E-state index contributed by atoms with van der Waals surface area (Å²) in [6.07, 6.45) is 4.11. The standard InChI is InChI=1S/C16H24O4/c1-10(13(18)19-4)11-5-7-14(2)8-6-12(17)15(3)16(14,9-11)20-15/h11-12,17H,1,5-9H2,2-4H3/t11-,12+,14+,15+,16-/m1/s1. The van der Waals surface area contributed by atoms with E-state index in [2.05, 4.69) is 13.5 Å². The highest BCUT2D eigenvalue weighted by Gasteiger charge is 2.79. The van der Waals surface area contributed by atoms with Crippen molar-refractivity contribution < 1.29 is 19.4 Å². The number of rotatable bonds is 2. The number of carbonyl (C=O) groups is 1. The monoisotopic (exact) mass is 280 g/mol. The van der Waals surface area contributed by atoms with Gasteiger partial charge in [-0.1, -0.05) is 13.5 Å². The average molecular weight is 280 g/mol. The topological polar surface area (TPSA) is 59.1 Å². The quantitative estimate of drug-likeness (QED) is 0.478. The molecule has 0 aromatic rings. The first-order chi connectivity index (χ1) is 9.30. The fourth-order valence-electron chi connectivity index (χ4n) is 4.68. The van der Waals surface area contributed by atoms with Gasteiger partial charge < -0.3 is 14.6 Å². The van der Waals surface area contributed by atoms with Crippen molar-refractivity contribution >= 4 is 5.97 Å². The highest BCUT2D eigenvalue weighted by molar-refractivity contribution is 5.88. The van der Waals surface area contributed by atoms with Crippen molar-refractivity contribution in [1.29, 1.82) is 0 Å². The van der Waals surface area contributed by atoms with Crippen LogP contribution in [0, 0.1) is 11.3 Å². The third-order valence-corrected chi connectivity index (χ3v) is 6.25. The molecule has 112 valence electrons. The number of methoxy groups -OCH3 is 1. The van der Waals surface area contributed by atoms with E-state index in [1.54, 1.807) is 0 Å². The lowest BCUT2D eigenvalue weighted by Crippen LogP contribution is -2.53. The maximum atomic E-state index is 11.7. The summed E-state index contributed by atoms with van der Waals surface area (Å²) in [5, 5.41) is 10.3. The SMILES string of the molecule is C=C(C(=O)OC)[C@@H]1CC[C@@]2(C)CC[C@H](O)[C@]3(C)O[C@]23C1. The second-order valence-corrected chi connectivity index (χ2v) is 7.11. The maximum absolute atomic E-state index is 11.7. The van der Waals surface area contributed by atoms with E-state index in [4.69, 9.17) is 9.47 Å². The minimum atomic E-state index is -0.449. The molecule has 1 heterocycles. The highest BCUT2D eigenvalue weighted by atomic mass is 16.6. The van der Waals surface area contributed by atoms with Gasteiger partial charge in [0.25, 0.3) is 0 Å². The van der Waals surface area contributed by atoms with Crippen LogP contribution in [0.15, 0.2) is 12.2 Å². The number of epoxide rings is 1. The van der Waals surface area contributed by atoms with E-state index in [0.29, 0.717) is 5.57 Å². The average Bonchev–Trinajstić information content (AvgIpc) is 3.06. The van der Waals surface area contributed by atoms with Gasteiger partial charge >= 0.3 is 5.97 Å². The molecule has 0 aromatic carbocycles. The van der Waals surface area contributed by atoms with Gasteiger partial charge in [-0.05, 0) is 50.4 Å². The number of aliphatic hydroxyl groups excluding tert-OH is 1. The number of aliphatic hydroxyl groups is 1. The molecule has 0 aromatic heterocycles. The van der Waals surface area contributed by atoms with Crippen molar-refractivity contribution in [1.82, 2.24) is 0 Å². The molecule has 0 bridgehead atoms. The van der Waals surface area contributed by atoms with E-state index < -0.39 is 11.7 Å². The predicted octanol–water partition coefficient (Wildman–Crippen LogP) is 2.20. The lowest BCUT2D eigenvalue weighted by atomic mass is 9.53. The fourth-order valence-corrected chi connectivity index (χ4v) is 4.68. The zero-order valence-electron chi connectivity index (χ0n) is 12.6. The lowest BCUT2D eigenvalue weighted by molar-refractivity contribution is -0.137. The van der Waals surface area contributed by atoms with Gasteiger partial charge in [-0.25, -0.2) is 4.79 Å². The first kappa shape index (κ1) is 14.1. The Hall–Kier alpha value is -0.870. The second-order valence-electron chi connectivity index (χ2n) is 7.11. The second kappa shape index (κ2) is 4.08. The molecule has 1 N–H and O–H groups in total. The first-order valence-electron chi connectivity index (χ1n) is 7.45. The molecule has 1 spiro atoms. The molecule has 0 amide bonds. The van der Waals surface area contributed by atoms with Gasteiger partial charge in [0.05, 0.1) is 13.2 Å². The summed E-state index contributed by atoms with van der Waals surface area (Å²) in [4.78, 5) is 11.7. The summed E-state index contributed by atoms with van der Waals surface area (Å²) < 4.78 is 10.9.